The summed E-state index contributed by atoms with van der Waals surface area (Å²) in [5.74, 6) is 0.463. The van der Waals surface area contributed by atoms with E-state index in [9.17, 15) is 8.42 Å². The molecule has 2 rings (SSSR count). The Bertz CT molecular complexity index is 341. The third kappa shape index (κ3) is 2.39. The summed E-state index contributed by atoms with van der Waals surface area (Å²) in [6.07, 6.45) is 3.64. The van der Waals surface area contributed by atoms with Crippen molar-refractivity contribution in [3.63, 3.8) is 0 Å². The van der Waals surface area contributed by atoms with Crippen LogP contribution in [-0.2, 0) is 10.0 Å². The van der Waals surface area contributed by atoms with E-state index in [0.717, 1.165) is 25.7 Å². The van der Waals surface area contributed by atoms with Crippen molar-refractivity contribution in [3.8, 4) is 0 Å². The molecule has 0 radical (unpaired) electrons. The van der Waals surface area contributed by atoms with Crippen LogP contribution in [0.3, 0.4) is 0 Å². The lowest BCUT2D eigenvalue weighted by atomic mass is 10.1. The molecule has 0 aromatic carbocycles. The van der Waals surface area contributed by atoms with Crippen molar-refractivity contribution in [2.45, 2.75) is 57.0 Å². The molecule has 2 saturated heterocycles. The number of sulfonamides is 1. The third-order valence-corrected chi connectivity index (χ3v) is 6.16. The number of piperidine rings is 1. The van der Waals surface area contributed by atoms with Crippen LogP contribution in [0, 0.1) is 5.92 Å². The Morgan fingerprint density at radius 3 is 2.19 bits per heavy atom. The fourth-order valence-corrected chi connectivity index (χ4v) is 5.75. The molecule has 0 aromatic heterocycles. The van der Waals surface area contributed by atoms with Crippen LogP contribution in [0.5, 0.6) is 0 Å². The van der Waals surface area contributed by atoms with Gasteiger partial charge in [0, 0.05) is 17.5 Å². The van der Waals surface area contributed by atoms with Gasteiger partial charge in [-0.1, -0.05) is 13.8 Å². The van der Waals surface area contributed by atoms with Crippen molar-refractivity contribution in [3.05, 3.63) is 0 Å². The molecule has 0 N–H and O–H groups in total. The first kappa shape index (κ1) is 12.7. The predicted molar refractivity (Wildman–Crippen MR) is 66.1 cm³/mol. The van der Waals surface area contributed by atoms with Crippen molar-refractivity contribution in [2.24, 2.45) is 5.92 Å². The first-order chi connectivity index (χ1) is 7.40. The van der Waals surface area contributed by atoms with Gasteiger partial charge in [0.1, 0.15) is 0 Å². The second-order valence-electron chi connectivity index (χ2n) is 5.46. The molecule has 2 bridgehead atoms. The number of alkyl halides is 1. The molecule has 0 amide bonds. The maximum atomic E-state index is 12.2. The van der Waals surface area contributed by atoms with Gasteiger partial charge in [0.25, 0.3) is 0 Å². The van der Waals surface area contributed by atoms with Gasteiger partial charge in [0.2, 0.25) is 10.0 Å². The summed E-state index contributed by atoms with van der Waals surface area (Å²) in [5, 5.41) is 0.169. The summed E-state index contributed by atoms with van der Waals surface area (Å²) < 4.78 is 26.3. The summed E-state index contributed by atoms with van der Waals surface area (Å²) in [4.78, 5) is 0. The van der Waals surface area contributed by atoms with E-state index in [-0.39, 0.29) is 29.1 Å². The van der Waals surface area contributed by atoms with Gasteiger partial charge < -0.3 is 0 Å². The van der Waals surface area contributed by atoms with Crippen LogP contribution >= 0.6 is 11.6 Å². The molecule has 2 atom stereocenters. The largest absolute Gasteiger partial charge is 0.214 e. The summed E-state index contributed by atoms with van der Waals surface area (Å²) in [6, 6.07) is 0.343. The maximum Gasteiger partial charge on any atom is 0.214 e. The fourth-order valence-electron chi connectivity index (χ4n) is 3.03. The Morgan fingerprint density at radius 2 is 1.75 bits per heavy atom. The lowest BCUT2D eigenvalue weighted by molar-refractivity contribution is 0.250. The van der Waals surface area contributed by atoms with Crippen molar-refractivity contribution in [2.75, 3.05) is 5.75 Å². The van der Waals surface area contributed by atoms with Gasteiger partial charge in [-0.3, -0.25) is 0 Å². The van der Waals surface area contributed by atoms with Gasteiger partial charge in [-0.15, -0.1) is 11.6 Å². The lowest BCUT2D eigenvalue weighted by Gasteiger charge is -2.36. The first-order valence-corrected chi connectivity index (χ1v) is 8.10. The molecule has 0 spiro atoms. The number of rotatable bonds is 3. The Labute approximate surface area is 103 Å². The molecule has 0 saturated carbocycles. The minimum absolute atomic E-state index is 0.169. The zero-order chi connectivity index (χ0) is 11.9. The van der Waals surface area contributed by atoms with E-state index in [1.165, 1.54) is 0 Å². The van der Waals surface area contributed by atoms with Crippen LogP contribution in [0.2, 0.25) is 0 Å². The highest BCUT2D eigenvalue weighted by atomic mass is 35.5. The van der Waals surface area contributed by atoms with Crippen molar-refractivity contribution in [1.29, 1.82) is 0 Å². The standard InChI is InChI=1S/C11H20ClNO2S/c1-8(2)7-16(14,15)13-10-3-4-11(13)6-9(12)5-10/h8-11H,3-7H2,1-2H3. The van der Waals surface area contributed by atoms with Gasteiger partial charge in [-0.2, -0.15) is 4.31 Å². The minimum atomic E-state index is -3.07. The third-order valence-electron chi connectivity index (χ3n) is 3.47. The second-order valence-corrected chi connectivity index (χ2v) is 7.99. The second kappa shape index (κ2) is 4.46. The molecule has 0 aromatic rings. The average Bonchev–Trinajstić information content (AvgIpc) is 2.38. The van der Waals surface area contributed by atoms with Crippen molar-refractivity contribution >= 4 is 21.6 Å². The van der Waals surface area contributed by atoms with Crippen LogP contribution in [0.25, 0.3) is 0 Å². The molecule has 2 aliphatic rings. The molecule has 2 fully saturated rings. The van der Waals surface area contributed by atoms with Gasteiger partial charge in [0.15, 0.2) is 0 Å². The first-order valence-electron chi connectivity index (χ1n) is 6.05. The Kier molecular flexibility index (Phi) is 3.53. The van der Waals surface area contributed by atoms with Gasteiger partial charge in [-0.05, 0) is 31.6 Å². The predicted octanol–water partition coefficient (Wildman–Crippen LogP) is 2.21. The van der Waals surface area contributed by atoms with Crippen LogP contribution in [0.4, 0.5) is 0 Å². The summed E-state index contributed by atoms with van der Waals surface area (Å²) in [6.45, 7) is 3.90. The number of halogens is 1. The molecule has 2 unspecified atom stereocenters. The molecule has 2 heterocycles. The van der Waals surface area contributed by atoms with E-state index in [4.69, 9.17) is 11.6 Å². The molecule has 2 aliphatic heterocycles. The van der Waals surface area contributed by atoms with E-state index in [2.05, 4.69) is 0 Å². The summed E-state index contributed by atoms with van der Waals surface area (Å²) >= 11 is 6.15. The van der Waals surface area contributed by atoms with Crippen LogP contribution in [0.1, 0.15) is 39.5 Å². The van der Waals surface area contributed by atoms with Crippen molar-refractivity contribution < 1.29 is 8.42 Å². The zero-order valence-electron chi connectivity index (χ0n) is 9.89. The molecule has 94 valence electrons. The van der Waals surface area contributed by atoms with E-state index in [1.54, 1.807) is 4.31 Å². The highest BCUT2D eigenvalue weighted by molar-refractivity contribution is 7.89. The molecular formula is C11H20ClNO2S. The number of nitrogens with zero attached hydrogens (tertiary/aromatic N) is 1. The summed E-state index contributed by atoms with van der Waals surface area (Å²) in [5.41, 5.74) is 0. The summed E-state index contributed by atoms with van der Waals surface area (Å²) in [7, 11) is -3.07. The number of hydrogen-bond acceptors (Lipinski definition) is 2. The zero-order valence-corrected chi connectivity index (χ0v) is 11.5. The normalized spacial score (nSPS) is 35.9. The smallest absolute Gasteiger partial charge is 0.212 e. The van der Waals surface area contributed by atoms with E-state index < -0.39 is 10.0 Å². The van der Waals surface area contributed by atoms with E-state index in [1.807, 2.05) is 13.8 Å². The Morgan fingerprint density at radius 1 is 1.25 bits per heavy atom. The molecule has 0 aliphatic carbocycles. The van der Waals surface area contributed by atoms with E-state index in [0.29, 0.717) is 0 Å². The molecule has 16 heavy (non-hydrogen) atoms. The number of fused-ring (bicyclic) bond motifs is 2. The number of hydrogen-bond donors (Lipinski definition) is 0. The Hall–Kier alpha value is 0.200. The quantitative estimate of drug-likeness (QED) is 0.734. The monoisotopic (exact) mass is 265 g/mol. The van der Waals surface area contributed by atoms with Crippen LogP contribution < -0.4 is 0 Å². The minimum Gasteiger partial charge on any atom is -0.212 e. The van der Waals surface area contributed by atoms with Crippen LogP contribution in [-0.4, -0.2) is 35.9 Å². The molecule has 5 heteroatoms. The highest BCUT2D eigenvalue weighted by Gasteiger charge is 2.46. The lowest BCUT2D eigenvalue weighted by Crippen LogP contribution is -2.48. The topological polar surface area (TPSA) is 37.4 Å². The maximum absolute atomic E-state index is 12.2. The Balaban J connectivity index is 2.17. The van der Waals surface area contributed by atoms with Gasteiger partial charge in [0.05, 0.1) is 5.75 Å². The van der Waals surface area contributed by atoms with Crippen LogP contribution in [0.15, 0.2) is 0 Å². The van der Waals surface area contributed by atoms with E-state index >= 15 is 0 Å². The van der Waals surface area contributed by atoms with Crippen molar-refractivity contribution in [1.82, 2.24) is 4.31 Å². The fraction of sp³-hybridized carbons (Fsp3) is 1.00. The SMILES string of the molecule is CC(C)CS(=O)(=O)N1C2CCC1CC(Cl)C2. The molecule has 3 nitrogen and oxygen atoms in total. The average molecular weight is 266 g/mol. The van der Waals surface area contributed by atoms with Gasteiger partial charge in [-0.25, -0.2) is 8.42 Å². The highest BCUT2D eigenvalue weighted by Crippen LogP contribution is 2.39. The molecular weight excluding hydrogens is 246 g/mol. The van der Waals surface area contributed by atoms with Gasteiger partial charge >= 0.3 is 0 Å².